The largest absolute Gasteiger partial charge is 0.465 e. The Morgan fingerprint density at radius 2 is 2.03 bits per heavy atom. The van der Waals surface area contributed by atoms with Crippen LogP contribution in [0.1, 0.15) is 15.9 Å². The molecule has 0 unspecified atom stereocenters. The fourth-order valence-electron chi connectivity index (χ4n) is 3.70. The second-order valence-electron chi connectivity index (χ2n) is 8.14. The highest BCUT2D eigenvalue weighted by molar-refractivity contribution is 8.01. The summed E-state index contributed by atoms with van der Waals surface area (Å²) in [6.07, 6.45) is -0.0742. The van der Waals surface area contributed by atoms with Gasteiger partial charge in [0.15, 0.2) is 4.34 Å². The van der Waals surface area contributed by atoms with Gasteiger partial charge in [0.05, 0.1) is 46.9 Å². The van der Waals surface area contributed by atoms with Gasteiger partial charge in [0.25, 0.3) is 0 Å². The Kier molecular flexibility index (Phi) is 9.64. The van der Waals surface area contributed by atoms with Crippen LogP contribution in [0.5, 0.6) is 0 Å². The van der Waals surface area contributed by atoms with Crippen molar-refractivity contribution in [3.05, 3.63) is 69.0 Å². The van der Waals surface area contributed by atoms with Crippen LogP contribution in [0.15, 0.2) is 52.2 Å². The highest BCUT2D eigenvalue weighted by atomic mass is 35.5. The summed E-state index contributed by atoms with van der Waals surface area (Å²) >= 11 is 15.0. The van der Waals surface area contributed by atoms with E-state index in [2.05, 4.69) is 15.2 Å². The number of morpholine rings is 1. The van der Waals surface area contributed by atoms with E-state index in [0.717, 1.165) is 40.8 Å². The van der Waals surface area contributed by atoms with E-state index in [9.17, 15) is 9.59 Å². The number of thiazole rings is 1. The molecule has 1 fully saturated rings. The summed E-state index contributed by atoms with van der Waals surface area (Å²) in [7, 11) is 1.35. The zero-order chi connectivity index (χ0) is 25.5. The van der Waals surface area contributed by atoms with Crippen molar-refractivity contribution in [1.29, 1.82) is 0 Å². The summed E-state index contributed by atoms with van der Waals surface area (Å²) in [6.45, 7) is 3.35. The van der Waals surface area contributed by atoms with Crippen molar-refractivity contribution in [1.82, 2.24) is 15.2 Å². The molecule has 0 aliphatic carbocycles. The number of benzene rings is 2. The number of hydrogen-bond acceptors (Lipinski definition) is 8. The summed E-state index contributed by atoms with van der Waals surface area (Å²) in [4.78, 5) is 30.9. The van der Waals surface area contributed by atoms with Crippen LogP contribution in [-0.4, -0.2) is 67.0 Å². The lowest BCUT2D eigenvalue weighted by Gasteiger charge is -2.33. The number of nitrogens with one attached hydrogen (secondary N) is 1. The first-order valence-electron chi connectivity index (χ1n) is 11.2. The molecule has 0 saturated carbocycles. The van der Waals surface area contributed by atoms with Gasteiger partial charge < -0.3 is 14.8 Å². The van der Waals surface area contributed by atoms with Gasteiger partial charge in [-0.3, -0.25) is 9.69 Å². The molecular weight excluding hydrogens is 541 g/mol. The highest BCUT2D eigenvalue weighted by Gasteiger charge is 2.21. The van der Waals surface area contributed by atoms with Crippen LogP contribution in [0, 0.1) is 0 Å². The SMILES string of the molecule is COC(=O)c1ccc(-c2csc(SCC(=O)NC[C@H]3CN(Cc4ccc(Cl)c(Cl)c4)CCO3)n2)cc1. The van der Waals surface area contributed by atoms with E-state index in [1.807, 2.05) is 29.6 Å². The molecule has 4 rings (SSSR count). The molecule has 11 heteroatoms. The van der Waals surface area contributed by atoms with Gasteiger partial charge in [-0.25, -0.2) is 9.78 Å². The third-order valence-electron chi connectivity index (χ3n) is 5.55. The van der Waals surface area contributed by atoms with E-state index in [0.29, 0.717) is 28.8 Å². The number of esters is 1. The van der Waals surface area contributed by atoms with E-state index >= 15 is 0 Å². The monoisotopic (exact) mass is 565 g/mol. The van der Waals surface area contributed by atoms with Crippen molar-refractivity contribution in [2.45, 2.75) is 17.0 Å². The van der Waals surface area contributed by atoms with Crippen molar-refractivity contribution in [2.24, 2.45) is 0 Å². The molecule has 1 N–H and O–H groups in total. The Bertz CT molecular complexity index is 1210. The van der Waals surface area contributed by atoms with Crippen molar-refractivity contribution in [2.75, 3.05) is 39.1 Å². The summed E-state index contributed by atoms with van der Waals surface area (Å²) < 4.78 is 11.4. The zero-order valence-corrected chi connectivity index (χ0v) is 22.7. The van der Waals surface area contributed by atoms with Crippen molar-refractivity contribution in [3.63, 3.8) is 0 Å². The van der Waals surface area contributed by atoms with Gasteiger partial charge in [0.1, 0.15) is 0 Å². The Balaban J connectivity index is 1.20. The number of amides is 1. The highest BCUT2D eigenvalue weighted by Crippen LogP contribution is 2.28. The summed E-state index contributed by atoms with van der Waals surface area (Å²) in [6, 6.07) is 12.7. The molecule has 190 valence electrons. The van der Waals surface area contributed by atoms with Crippen LogP contribution in [0.4, 0.5) is 0 Å². The average Bonchev–Trinajstić information content (AvgIpc) is 3.37. The molecule has 0 spiro atoms. The molecule has 1 saturated heterocycles. The minimum atomic E-state index is -0.375. The average molecular weight is 567 g/mol. The van der Waals surface area contributed by atoms with Gasteiger partial charge in [0, 0.05) is 37.1 Å². The van der Waals surface area contributed by atoms with Gasteiger partial charge in [0.2, 0.25) is 5.91 Å². The molecule has 1 aromatic heterocycles. The Morgan fingerprint density at radius 3 is 2.78 bits per heavy atom. The van der Waals surface area contributed by atoms with Crippen molar-refractivity contribution < 1.29 is 19.1 Å². The molecular formula is C25H25Cl2N3O4S2. The smallest absolute Gasteiger partial charge is 0.337 e. The maximum Gasteiger partial charge on any atom is 0.337 e. The predicted octanol–water partition coefficient (Wildman–Crippen LogP) is 5.01. The van der Waals surface area contributed by atoms with Crippen molar-refractivity contribution in [3.8, 4) is 11.3 Å². The quantitative estimate of drug-likeness (QED) is 0.288. The van der Waals surface area contributed by atoms with Crippen LogP contribution in [0.25, 0.3) is 11.3 Å². The van der Waals surface area contributed by atoms with E-state index < -0.39 is 0 Å². The van der Waals surface area contributed by atoms with E-state index in [4.69, 9.17) is 32.7 Å². The molecule has 2 heterocycles. The summed E-state index contributed by atoms with van der Waals surface area (Å²) in [5.41, 5.74) is 3.28. The molecule has 3 aromatic rings. The van der Waals surface area contributed by atoms with Crippen LogP contribution in [0.2, 0.25) is 10.0 Å². The molecule has 0 radical (unpaired) electrons. The third kappa shape index (κ3) is 7.44. The number of halogens is 2. The second-order valence-corrected chi connectivity index (χ2v) is 11.0. The lowest BCUT2D eigenvalue weighted by atomic mass is 10.1. The normalized spacial score (nSPS) is 16.0. The topological polar surface area (TPSA) is 80.8 Å². The lowest BCUT2D eigenvalue weighted by molar-refractivity contribution is -0.119. The second kappa shape index (κ2) is 12.9. The molecule has 2 aromatic carbocycles. The number of carbonyl (C=O) groups excluding carboxylic acids is 2. The Labute approximate surface area is 228 Å². The number of carbonyl (C=O) groups is 2. The lowest BCUT2D eigenvalue weighted by Crippen LogP contribution is -2.47. The number of nitrogens with zero attached hydrogens (tertiary/aromatic N) is 2. The minimum absolute atomic E-state index is 0.0654. The van der Waals surface area contributed by atoms with E-state index in [1.54, 1.807) is 18.2 Å². The first kappa shape index (κ1) is 26.9. The fourth-order valence-corrected chi connectivity index (χ4v) is 5.69. The van der Waals surface area contributed by atoms with E-state index in [1.165, 1.54) is 30.2 Å². The summed E-state index contributed by atoms with van der Waals surface area (Å²) in [5, 5.41) is 6.00. The first-order chi connectivity index (χ1) is 17.4. The van der Waals surface area contributed by atoms with Gasteiger partial charge in [-0.15, -0.1) is 11.3 Å². The molecule has 1 amide bonds. The molecule has 1 atom stereocenters. The molecule has 0 bridgehead atoms. The number of ether oxygens (including phenoxy) is 2. The van der Waals surface area contributed by atoms with Gasteiger partial charge in [-0.2, -0.15) is 0 Å². The minimum Gasteiger partial charge on any atom is -0.465 e. The van der Waals surface area contributed by atoms with Gasteiger partial charge >= 0.3 is 5.97 Å². The number of aromatic nitrogens is 1. The Morgan fingerprint density at radius 1 is 1.22 bits per heavy atom. The Hall–Kier alpha value is -2.14. The third-order valence-corrected chi connectivity index (χ3v) is 8.31. The number of hydrogen-bond donors (Lipinski definition) is 1. The van der Waals surface area contributed by atoms with Gasteiger partial charge in [-0.05, 0) is 29.8 Å². The standard InChI is InChI=1S/C25H25Cl2N3O4S2/c1-33-24(32)18-5-3-17(4-6-18)22-14-35-25(29-22)36-15-23(31)28-11-19-13-30(8-9-34-19)12-16-2-7-20(26)21(27)10-16/h2-7,10,14,19H,8-9,11-13,15H2,1H3,(H,28,31)/t19-/m0/s1. The van der Waals surface area contributed by atoms with E-state index in [-0.39, 0.29) is 23.7 Å². The number of methoxy groups -OCH3 is 1. The van der Waals surface area contributed by atoms with Crippen LogP contribution in [0.3, 0.4) is 0 Å². The molecule has 36 heavy (non-hydrogen) atoms. The summed E-state index contributed by atoms with van der Waals surface area (Å²) in [5.74, 6) is -0.169. The maximum atomic E-state index is 12.4. The van der Waals surface area contributed by atoms with Crippen LogP contribution < -0.4 is 5.32 Å². The van der Waals surface area contributed by atoms with Gasteiger partial charge in [-0.1, -0.05) is 53.2 Å². The maximum absolute atomic E-state index is 12.4. The number of rotatable bonds is 9. The first-order valence-corrected chi connectivity index (χ1v) is 13.8. The zero-order valence-electron chi connectivity index (χ0n) is 19.5. The molecule has 1 aliphatic heterocycles. The molecule has 7 nitrogen and oxygen atoms in total. The van der Waals surface area contributed by atoms with Crippen LogP contribution >= 0.6 is 46.3 Å². The fraction of sp³-hybridized carbons (Fsp3) is 0.320. The van der Waals surface area contributed by atoms with Crippen LogP contribution in [-0.2, 0) is 20.8 Å². The number of thioether (sulfide) groups is 1. The predicted molar refractivity (Wildman–Crippen MR) is 144 cm³/mol. The molecule has 1 aliphatic rings. The van der Waals surface area contributed by atoms with Crippen molar-refractivity contribution >= 4 is 58.2 Å².